The number of carboxylic acids is 1. The van der Waals surface area contributed by atoms with E-state index in [1.165, 1.54) is 0 Å². The monoisotopic (exact) mass is 260 g/mol. The van der Waals surface area contributed by atoms with E-state index in [-0.39, 0.29) is 6.42 Å². The Labute approximate surface area is 108 Å². The second-order valence-electron chi connectivity index (χ2n) is 3.60. The number of nitrogens with two attached hydrogens (primary N) is 1. The Balaban J connectivity index is 0. The van der Waals surface area contributed by atoms with E-state index in [1.807, 2.05) is 14.1 Å². The van der Waals surface area contributed by atoms with Crippen molar-refractivity contribution in [2.75, 3.05) is 27.2 Å². The highest BCUT2D eigenvalue weighted by molar-refractivity contribution is 5.87. The van der Waals surface area contributed by atoms with Gasteiger partial charge in [0.25, 0.3) is 0 Å². The van der Waals surface area contributed by atoms with E-state index >= 15 is 0 Å². The summed E-state index contributed by atoms with van der Waals surface area (Å²) in [6.45, 7) is 2.39. The molecule has 0 amide bonds. The lowest BCUT2D eigenvalue weighted by Gasteiger charge is -2.03. The number of ether oxygens (including phenoxy) is 1. The van der Waals surface area contributed by atoms with E-state index in [0.717, 1.165) is 0 Å². The smallest absolute Gasteiger partial charge is 0.333 e. The van der Waals surface area contributed by atoms with Gasteiger partial charge < -0.3 is 20.9 Å². The first-order chi connectivity index (χ1) is 8.49. The molecular formula is C12H24N2O4. The molecule has 6 heteroatoms. The second-order valence-corrected chi connectivity index (χ2v) is 3.60. The Morgan fingerprint density at radius 1 is 1.39 bits per heavy atom. The van der Waals surface area contributed by atoms with Gasteiger partial charge in [0, 0.05) is 12.0 Å². The molecule has 0 heterocycles. The molecule has 0 aromatic heterocycles. The molecular weight excluding hydrogens is 236 g/mol. The van der Waals surface area contributed by atoms with Crippen LogP contribution in [0.15, 0.2) is 11.6 Å². The molecule has 18 heavy (non-hydrogen) atoms. The molecule has 0 bridgehead atoms. The number of esters is 1. The van der Waals surface area contributed by atoms with Crippen LogP contribution in [0.25, 0.3) is 0 Å². The summed E-state index contributed by atoms with van der Waals surface area (Å²) in [7, 11) is 3.75. The molecule has 0 saturated heterocycles. The second kappa shape index (κ2) is 13.7. The van der Waals surface area contributed by atoms with Crippen LogP contribution in [0.3, 0.4) is 0 Å². The number of carbonyl (C=O) groups excluding carboxylic acids is 1. The summed E-state index contributed by atoms with van der Waals surface area (Å²) < 4.78 is 4.87. The molecule has 4 N–H and O–H groups in total. The van der Waals surface area contributed by atoms with E-state index in [4.69, 9.17) is 15.6 Å². The molecule has 0 aliphatic carbocycles. The zero-order valence-electron chi connectivity index (χ0n) is 11.4. The minimum Gasteiger partial charge on any atom is -0.481 e. The van der Waals surface area contributed by atoms with Gasteiger partial charge in [-0.2, -0.15) is 0 Å². The molecule has 0 radical (unpaired) electrons. The van der Waals surface area contributed by atoms with Gasteiger partial charge in [0.1, 0.15) is 0 Å². The summed E-state index contributed by atoms with van der Waals surface area (Å²) in [5.74, 6) is -1.29. The summed E-state index contributed by atoms with van der Waals surface area (Å²) in [6, 6.07) is 0. The summed E-state index contributed by atoms with van der Waals surface area (Å²) in [5, 5.41) is 11.1. The molecule has 0 atom stereocenters. The fraction of sp³-hybridized carbons (Fsp3) is 0.667. The Hall–Kier alpha value is -1.40. The highest BCUT2D eigenvalue weighted by Crippen LogP contribution is 2.01. The van der Waals surface area contributed by atoms with Crippen LogP contribution in [0.1, 0.15) is 26.2 Å². The van der Waals surface area contributed by atoms with Crippen LogP contribution in [0.4, 0.5) is 0 Å². The predicted octanol–water partition coefficient (Wildman–Crippen LogP) is 0.525. The van der Waals surface area contributed by atoms with E-state index < -0.39 is 11.9 Å². The minimum atomic E-state index is -0.879. The third-order valence-corrected chi connectivity index (χ3v) is 1.71. The predicted molar refractivity (Wildman–Crippen MR) is 70.2 cm³/mol. The Morgan fingerprint density at radius 3 is 2.39 bits per heavy atom. The van der Waals surface area contributed by atoms with Gasteiger partial charge in [-0.25, -0.2) is 4.79 Å². The first kappa shape index (κ1) is 19.0. The normalized spacial score (nSPS) is 10.3. The van der Waals surface area contributed by atoms with Crippen molar-refractivity contribution in [2.45, 2.75) is 26.2 Å². The first-order valence-electron chi connectivity index (χ1n) is 5.83. The van der Waals surface area contributed by atoms with Crippen LogP contribution >= 0.6 is 0 Å². The van der Waals surface area contributed by atoms with Gasteiger partial charge in [-0.1, -0.05) is 6.08 Å². The molecule has 0 spiro atoms. The fourth-order valence-electron chi connectivity index (χ4n) is 0.858. The average Bonchev–Trinajstić information content (AvgIpc) is 2.29. The molecule has 106 valence electrons. The van der Waals surface area contributed by atoms with Gasteiger partial charge in [0.2, 0.25) is 0 Å². The molecule has 0 aromatic carbocycles. The molecule has 6 nitrogen and oxygen atoms in total. The van der Waals surface area contributed by atoms with Gasteiger partial charge in [-0.05, 0) is 40.4 Å². The van der Waals surface area contributed by atoms with Crippen LogP contribution < -0.4 is 11.1 Å². The van der Waals surface area contributed by atoms with Crippen molar-refractivity contribution in [3.8, 4) is 0 Å². The summed E-state index contributed by atoms with van der Waals surface area (Å²) >= 11 is 0. The maximum Gasteiger partial charge on any atom is 0.333 e. The lowest BCUT2D eigenvalue weighted by molar-refractivity contribution is -0.139. The maximum absolute atomic E-state index is 11.2. The Kier molecular flexibility index (Phi) is 14.4. The lowest BCUT2D eigenvalue weighted by atomic mass is 10.2. The van der Waals surface area contributed by atoms with E-state index in [9.17, 15) is 9.59 Å². The fourth-order valence-corrected chi connectivity index (χ4v) is 0.858. The molecule has 0 aliphatic heterocycles. The zero-order chi connectivity index (χ0) is 14.4. The third kappa shape index (κ3) is 14.6. The number of carboxylic acid groups (broad SMARTS) is 1. The van der Waals surface area contributed by atoms with Crippen molar-refractivity contribution >= 4 is 11.9 Å². The van der Waals surface area contributed by atoms with E-state index in [2.05, 4.69) is 5.32 Å². The van der Waals surface area contributed by atoms with Crippen LogP contribution in [0.5, 0.6) is 0 Å². The highest BCUT2D eigenvalue weighted by Gasteiger charge is 2.04. The van der Waals surface area contributed by atoms with Crippen molar-refractivity contribution in [1.29, 1.82) is 0 Å². The first-order valence-corrected chi connectivity index (χ1v) is 5.83. The third-order valence-electron chi connectivity index (χ3n) is 1.71. The standard InChI is InChI=1S/C10H17NO4.C2H7N/c1-8(4-2-5-9(12)13)10(14)15-7-3-6-11;1-3-2/h4H,2-3,5-7,11H2,1H3,(H,12,13);3H,1-2H3. The van der Waals surface area contributed by atoms with Crippen LogP contribution in [-0.4, -0.2) is 44.3 Å². The van der Waals surface area contributed by atoms with Crippen molar-refractivity contribution in [2.24, 2.45) is 5.73 Å². The van der Waals surface area contributed by atoms with Gasteiger partial charge in [-0.15, -0.1) is 0 Å². The number of aliphatic carboxylic acids is 1. The largest absolute Gasteiger partial charge is 0.481 e. The number of allylic oxidation sites excluding steroid dienone is 1. The number of rotatable bonds is 7. The molecule has 0 rings (SSSR count). The minimum absolute atomic E-state index is 0.0212. The Morgan fingerprint density at radius 2 is 1.94 bits per heavy atom. The van der Waals surface area contributed by atoms with Crippen molar-refractivity contribution in [3.63, 3.8) is 0 Å². The van der Waals surface area contributed by atoms with Crippen LogP contribution in [-0.2, 0) is 14.3 Å². The van der Waals surface area contributed by atoms with Gasteiger partial charge in [0.15, 0.2) is 0 Å². The Bertz CT molecular complexity index is 265. The van der Waals surface area contributed by atoms with Crippen LogP contribution in [0.2, 0.25) is 0 Å². The maximum atomic E-state index is 11.2. The zero-order valence-corrected chi connectivity index (χ0v) is 11.4. The average molecular weight is 260 g/mol. The lowest BCUT2D eigenvalue weighted by Crippen LogP contribution is -2.10. The summed E-state index contributed by atoms with van der Waals surface area (Å²) in [5.41, 5.74) is 5.67. The van der Waals surface area contributed by atoms with Gasteiger partial charge >= 0.3 is 11.9 Å². The number of hydrogen-bond donors (Lipinski definition) is 3. The number of carbonyl (C=O) groups is 2. The molecule has 0 unspecified atom stereocenters. The quantitative estimate of drug-likeness (QED) is 0.350. The van der Waals surface area contributed by atoms with Crippen molar-refractivity contribution in [3.05, 3.63) is 11.6 Å². The number of hydrogen-bond acceptors (Lipinski definition) is 5. The van der Waals surface area contributed by atoms with Gasteiger partial charge in [0.05, 0.1) is 6.61 Å². The number of nitrogens with one attached hydrogen (secondary N) is 1. The van der Waals surface area contributed by atoms with Crippen molar-refractivity contribution in [1.82, 2.24) is 5.32 Å². The van der Waals surface area contributed by atoms with Crippen LogP contribution in [0, 0.1) is 0 Å². The van der Waals surface area contributed by atoms with Gasteiger partial charge in [-0.3, -0.25) is 4.79 Å². The van der Waals surface area contributed by atoms with E-state index in [0.29, 0.717) is 31.6 Å². The SMILES string of the molecule is CC(=CCCC(=O)O)C(=O)OCCCN.CNC. The molecule has 0 fully saturated rings. The van der Waals surface area contributed by atoms with Crippen molar-refractivity contribution < 1.29 is 19.4 Å². The molecule has 0 saturated carbocycles. The topological polar surface area (TPSA) is 102 Å². The van der Waals surface area contributed by atoms with E-state index in [1.54, 1.807) is 13.0 Å². The summed E-state index contributed by atoms with van der Waals surface area (Å²) in [4.78, 5) is 21.4. The highest BCUT2D eigenvalue weighted by atomic mass is 16.5. The molecule has 0 aliphatic rings. The molecule has 0 aromatic rings. The summed E-state index contributed by atoms with van der Waals surface area (Å²) in [6.07, 6.45) is 2.56.